The van der Waals surface area contributed by atoms with Crippen LogP contribution in [0.1, 0.15) is 11.1 Å². The molecule has 9 nitrogen and oxygen atoms in total. The maximum atomic E-state index is 13.1. The lowest BCUT2D eigenvalue weighted by molar-refractivity contribution is -0.387. The second kappa shape index (κ2) is 12.0. The largest absolute Gasteiger partial charge is 0.374 e. The second-order valence-electron chi connectivity index (χ2n) is 8.10. The zero-order valence-electron chi connectivity index (χ0n) is 19.3. The Hall–Kier alpha value is -3.41. The van der Waals surface area contributed by atoms with Crippen molar-refractivity contribution in [3.63, 3.8) is 0 Å². The Labute approximate surface area is 209 Å². The van der Waals surface area contributed by atoms with E-state index in [0.717, 1.165) is 17.2 Å². The van der Waals surface area contributed by atoms with E-state index in [1.54, 1.807) is 12.2 Å². The number of nitrogens with one attached hydrogen (secondary N) is 1. The molecule has 4 rings (SSSR count). The average Bonchev–Trinajstić information content (AvgIpc) is 2.90. The van der Waals surface area contributed by atoms with Gasteiger partial charge >= 0.3 is 0 Å². The minimum Gasteiger partial charge on any atom is -0.374 e. The van der Waals surface area contributed by atoms with Crippen LogP contribution in [0.5, 0.6) is 0 Å². The molecule has 0 fully saturated rings. The Morgan fingerprint density at radius 1 is 0.861 bits per heavy atom. The number of benzene rings is 3. The Bertz CT molecular complexity index is 1280. The molecule has 1 aliphatic heterocycles. The Morgan fingerprint density at radius 3 is 2.14 bits per heavy atom. The predicted octanol–water partition coefficient (Wildman–Crippen LogP) is 3.96. The lowest BCUT2D eigenvalue weighted by Gasteiger charge is -2.32. The van der Waals surface area contributed by atoms with Crippen LogP contribution in [0.2, 0.25) is 0 Å². The monoisotopic (exact) mass is 510 g/mol. The van der Waals surface area contributed by atoms with E-state index in [2.05, 4.69) is 4.72 Å². The van der Waals surface area contributed by atoms with Crippen molar-refractivity contribution in [3.05, 3.63) is 118 Å². The third-order valence-electron chi connectivity index (χ3n) is 5.48. The summed E-state index contributed by atoms with van der Waals surface area (Å²) in [5.41, 5.74) is 1.41. The molecule has 1 aliphatic rings. The molecule has 3 aromatic rings. The lowest BCUT2D eigenvalue weighted by atomic mass is 10.1. The summed E-state index contributed by atoms with van der Waals surface area (Å²) in [4.78, 5) is 10.2. The van der Waals surface area contributed by atoms with Crippen molar-refractivity contribution in [3.8, 4) is 0 Å². The van der Waals surface area contributed by atoms with Gasteiger partial charge in [0.2, 0.25) is 10.0 Å². The summed E-state index contributed by atoms with van der Waals surface area (Å²) >= 11 is 0. The summed E-state index contributed by atoms with van der Waals surface area (Å²) in [6.45, 7) is 0.679. The minimum absolute atomic E-state index is 0.0640. The van der Waals surface area contributed by atoms with Crippen molar-refractivity contribution in [1.29, 1.82) is 0 Å². The van der Waals surface area contributed by atoms with Crippen LogP contribution >= 0.6 is 0 Å². The molecule has 0 bridgehead atoms. The van der Waals surface area contributed by atoms with E-state index < -0.39 is 44.0 Å². The number of rotatable bonds is 11. The summed E-state index contributed by atoms with van der Waals surface area (Å²) in [6, 6.07) is 23.5. The van der Waals surface area contributed by atoms with Crippen LogP contribution in [0.4, 0.5) is 5.69 Å². The fourth-order valence-electron chi connectivity index (χ4n) is 3.69. The molecule has 188 valence electrons. The molecule has 36 heavy (non-hydrogen) atoms. The number of hydrogen-bond acceptors (Lipinski definition) is 7. The molecule has 0 amide bonds. The molecule has 0 aromatic heterocycles. The van der Waals surface area contributed by atoms with E-state index in [-0.39, 0.29) is 6.61 Å². The van der Waals surface area contributed by atoms with Gasteiger partial charge in [0.05, 0.1) is 30.8 Å². The molecule has 10 heteroatoms. The summed E-state index contributed by atoms with van der Waals surface area (Å²) in [5.74, 6) is 0. The summed E-state index contributed by atoms with van der Waals surface area (Å²) in [5, 5.41) is 11.4. The normalized spacial score (nSPS) is 19.7. The van der Waals surface area contributed by atoms with Crippen molar-refractivity contribution in [2.24, 2.45) is 0 Å². The first-order valence-electron chi connectivity index (χ1n) is 11.3. The van der Waals surface area contributed by atoms with Gasteiger partial charge in [-0.2, -0.15) is 0 Å². The van der Waals surface area contributed by atoms with Crippen LogP contribution < -0.4 is 4.72 Å². The summed E-state index contributed by atoms with van der Waals surface area (Å²) in [6.07, 6.45) is 1.78. The van der Waals surface area contributed by atoms with Gasteiger partial charge in [-0.15, -0.1) is 0 Å². The van der Waals surface area contributed by atoms with Crippen LogP contribution in [0.25, 0.3) is 0 Å². The highest BCUT2D eigenvalue weighted by atomic mass is 32.2. The van der Waals surface area contributed by atoms with Gasteiger partial charge in [-0.25, -0.2) is 13.1 Å². The molecule has 0 spiro atoms. The average molecular weight is 511 g/mol. The Balaban J connectivity index is 1.49. The lowest BCUT2D eigenvalue weighted by Crippen LogP contribution is -2.49. The van der Waals surface area contributed by atoms with Gasteiger partial charge < -0.3 is 14.2 Å². The SMILES string of the molecule is O=[N+]([O-])c1ccccc1S(=O)(=O)N[C@H]1C=C[C@@H](OCc2ccccc2)O[C@@H]1COCc1ccccc1. The molecule has 3 atom stereocenters. The third kappa shape index (κ3) is 6.84. The van der Waals surface area contributed by atoms with Gasteiger partial charge in [-0.3, -0.25) is 10.1 Å². The quantitative estimate of drug-likeness (QED) is 0.236. The van der Waals surface area contributed by atoms with Gasteiger partial charge in [-0.05, 0) is 23.3 Å². The van der Waals surface area contributed by atoms with Crippen LogP contribution in [0, 0.1) is 10.1 Å². The van der Waals surface area contributed by atoms with Crippen LogP contribution in [-0.2, 0) is 37.4 Å². The highest BCUT2D eigenvalue weighted by molar-refractivity contribution is 7.89. The van der Waals surface area contributed by atoms with E-state index in [4.69, 9.17) is 14.2 Å². The van der Waals surface area contributed by atoms with E-state index >= 15 is 0 Å². The summed E-state index contributed by atoms with van der Waals surface area (Å²) in [7, 11) is -4.24. The first-order chi connectivity index (χ1) is 17.4. The molecule has 0 saturated carbocycles. The molecule has 1 heterocycles. The Morgan fingerprint density at radius 2 is 1.47 bits per heavy atom. The zero-order chi connectivity index (χ0) is 25.4. The molecule has 0 unspecified atom stereocenters. The fourth-order valence-corrected chi connectivity index (χ4v) is 5.08. The number of ether oxygens (including phenoxy) is 3. The van der Waals surface area contributed by atoms with Gasteiger partial charge in [0, 0.05) is 6.07 Å². The van der Waals surface area contributed by atoms with Crippen LogP contribution in [0.15, 0.2) is 102 Å². The smallest absolute Gasteiger partial charge is 0.289 e. The number of sulfonamides is 1. The number of nitro benzene ring substituents is 1. The van der Waals surface area contributed by atoms with Crippen molar-refractivity contribution in [2.75, 3.05) is 6.61 Å². The third-order valence-corrected chi connectivity index (χ3v) is 6.99. The maximum absolute atomic E-state index is 13.1. The molecule has 0 aliphatic carbocycles. The molecular weight excluding hydrogens is 484 g/mol. The summed E-state index contributed by atoms with van der Waals surface area (Å²) < 4.78 is 46.4. The minimum atomic E-state index is -4.24. The van der Waals surface area contributed by atoms with Crippen molar-refractivity contribution >= 4 is 15.7 Å². The first kappa shape index (κ1) is 25.7. The van der Waals surface area contributed by atoms with E-state index in [1.165, 1.54) is 18.2 Å². The predicted molar refractivity (Wildman–Crippen MR) is 132 cm³/mol. The van der Waals surface area contributed by atoms with Gasteiger partial charge in [0.1, 0.15) is 6.10 Å². The molecule has 1 N–H and O–H groups in total. The van der Waals surface area contributed by atoms with Crippen LogP contribution in [-0.4, -0.2) is 38.4 Å². The second-order valence-corrected chi connectivity index (χ2v) is 9.78. The number of para-hydroxylation sites is 1. The first-order valence-corrected chi connectivity index (χ1v) is 12.8. The fraction of sp³-hybridized carbons (Fsp3) is 0.231. The zero-order valence-corrected chi connectivity index (χ0v) is 20.1. The van der Waals surface area contributed by atoms with Gasteiger partial charge in [-0.1, -0.05) is 78.9 Å². The van der Waals surface area contributed by atoms with E-state index in [0.29, 0.717) is 13.2 Å². The standard InChI is InChI=1S/C26H26N2O7S/c29-28(30)23-13-7-8-14-25(23)36(31,32)27-22-15-16-26(34-18-21-11-5-2-6-12-21)35-24(22)19-33-17-20-9-3-1-4-10-20/h1-16,22,24,26-27H,17-19H2/t22-,24+,26-/m0/s1. The Kier molecular flexibility index (Phi) is 8.57. The van der Waals surface area contributed by atoms with Gasteiger partial charge in [0.15, 0.2) is 11.2 Å². The van der Waals surface area contributed by atoms with Crippen molar-refractivity contribution in [1.82, 2.24) is 4.72 Å². The topological polar surface area (TPSA) is 117 Å². The highest BCUT2D eigenvalue weighted by Gasteiger charge is 2.34. The molecule has 0 radical (unpaired) electrons. The number of hydrogen-bond donors (Lipinski definition) is 1. The van der Waals surface area contributed by atoms with Gasteiger partial charge in [0.25, 0.3) is 5.69 Å². The molecular formula is C26H26N2O7S. The molecule has 0 saturated heterocycles. The van der Waals surface area contributed by atoms with E-state index in [9.17, 15) is 18.5 Å². The van der Waals surface area contributed by atoms with Crippen molar-refractivity contribution in [2.45, 2.75) is 36.5 Å². The maximum Gasteiger partial charge on any atom is 0.289 e. The van der Waals surface area contributed by atoms with Crippen LogP contribution in [0.3, 0.4) is 0 Å². The molecule has 3 aromatic carbocycles. The van der Waals surface area contributed by atoms with E-state index in [1.807, 2.05) is 60.7 Å². The highest BCUT2D eigenvalue weighted by Crippen LogP contribution is 2.25. The number of nitrogens with zero attached hydrogens (tertiary/aromatic N) is 1. The van der Waals surface area contributed by atoms with Crippen molar-refractivity contribution < 1.29 is 27.6 Å². The number of nitro groups is 1.